The van der Waals surface area contributed by atoms with Crippen molar-refractivity contribution in [1.29, 1.82) is 0 Å². The standard InChI is InChI=1S/C15H20N2O3/c1-3-19-14(20-4-2)10-17-15(18)12-5-6-13-11(9-12)7-8-16-13/h5-9,14,16H,3-4,10H2,1-2H3,(H,17,18). The first-order valence-electron chi connectivity index (χ1n) is 6.83. The van der Waals surface area contributed by atoms with Crippen LogP contribution in [-0.2, 0) is 9.47 Å². The Bertz CT molecular complexity index is 559. The Morgan fingerprint density at radius 2 is 2.00 bits per heavy atom. The molecule has 0 spiro atoms. The summed E-state index contributed by atoms with van der Waals surface area (Å²) in [6, 6.07) is 7.49. The van der Waals surface area contributed by atoms with Crippen LogP contribution >= 0.6 is 0 Å². The summed E-state index contributed by atoms with van der Waals surface area (Å²) >= 11 is 0. The van der Waals surface area contributed by atoms with E-state index in [1.165, 1.54) is 0 Å². The maximum atomic E-state index is 12.1. The third-order valence-electron chi connectivity index (χ3n) is 2.95. The second-order valence-electron chi connectivity index (χ2n) is 4.33. The van der Waals surface area contributed by atoms with Gasteiger partial charge in [-0.1, -0.05) is 0 Å². The Kier molecular flexibility index (Phi) is 5.15. The van der Waals surface area contributed by atoms with Gasteiger partial charge < -0.3 is 19.8 Å². The van der Waals surface area contributed by atoms with E-state index in [0.29, 0.717) is 25.3 Å². The summed E-state index contributed by atoms with van der Waals surface area (Å²) < 4.78 is 10.8. The van der Waals surface area contributed by atoms with Gasteiger partial charge in [0.1, 0.15) is 0 Å². The van der Waals surface area contributed by atoms with Gasteiger partial charge in [0.15, 0.2) is 6.29 Å². The van der Waals surface area contributed by atoms with Gasteiger partial charge in [-0.3, -0.25) is 4.79 Å². The lowest BCUT2D eigenvalue weighted by atomic mass is 10.1. The molecule has 20 heavy (non-hydrogen) atoms. The molecule has 0 aliphatic heterocycles. The molecule has 5 nitrogen and oxygen atoms in total. The molecule has 108 valence electrons. The van der Waals surface area contributed by atoms with Crippen LogP contribution in [0.3, 0.4) is 0 Å². The number of amides is 1. The number of hydrogen-bond acceptors (Lipinski definition) is 3. The summed E-state index contributed by atoms with van der Waals surface area (Å²) in [5.74, 6) is -0.127. The molecule has 1 aromatic heterocycles. The number of aromatic amines is 1. The number of carbonyl (C=O) groups is 1. The molecular weight excluding hydrogens is 256 g/mol. The SMILES string of the molecule is CCOC(CNC(=O)c1ccc2[nH]ccc2c1)OCC. The first-order valence-corrected chi connectivity index (χ1v) is 6.83. The Labute approximate surface area is 118 Å². The number of benzene rings is 1. The first kappa shape index (κ1) is 14.6. The Morgan fingerprint density at radius 1 is 1.25 bits per heavy atom. The van der Waals surface area contributed by atoms with E-state index >= 15 is 0 Å². The van der Waals surface area contributed by atoms with Crippen molar-refractivity contribution in [2.75, 3.05) is 19.8 Å². The van der Waals surface area contributed by atoms with Crippen molar-refractivity contribution in [2.45, 2.75) is 20.1 Å². The first-order chi connectivity index (χ1) is 9.74. The van der Waals surface area contributed by atoms with Gasteiger partial charge in [0.2, 0.25) is 0 Å². The van der Waals surface area contributed by atoms with E-state index in [-0.39, 0.29) is 5.91 Å². The Morgan fingerprint density at radius 3 is 2.70 bits per heavy atom. The maximum absolute atomic E-state index is 12.1. The van der Waals surface area contributed by atoms with Crippen LogP contribution in [0.5, 0.6) is 0 Å². The van der Waals surface area contributed by atoms with Gasteiger partial charge in [-0.05, 0) is 38.1 Å². The van der Waals surface area contributed by atoms with Crippen LogP contribution in [0.25, 0.3) is 10.9 Å². The molecule has 0 aliphatic carbocycles. The molecular formula is C15H20N2O3. The molecule has 0 radical (unpaired) electrons. The van der Waals surface area contributed by atoms with Crippen molar-refractivity contribution in [3.63, 3.8) is 0 Å². The van der Waals surface area contributed by atoms with Crippen molar-refractivity contribution in [1.82, 2.24) is 10.3 Å². The largest absolute Gasteiger partial charge is 0.361 e. The summed E-state index contributed by atoms with van der Waals surface area (Å²) in [5.41, 5.74) is 1.65. The minimum absolute atomic E-state index is 0.127. The van der Waals surface area contributed by atoms with Crippen molar-refractivity contribution in [3.8, 4) is 0 Å². The molecule has 1 amide bonds. The van der Waals surface area contributed by atoms with Crippen molar-refractivity contribution in [2.24, 2.45) is 0 Å². The number of rotatable bonds is 7. The molecule has 0 aliphatic rings. The molecule has 2 N–H and O–H groups in total. The van der Waals surface area contributed by atoms with Crippen molar-refractivity contribution >= 4 is 16.8 Å². The van der Waals surface area contributed by atoms with Crippen LogP contribution in [0.2, 0.25) is 0 Å². The van der Waals surface area contributed by atoms with E-state index < -0.39 is 6.29 Å². The number of fused-ring (bicyclic) bond motifs is 1. The summed E-state index contributed by atoms with van der Waals surface area (Å²) in [4.78, 5) is 15.2. The quantitative estimate of drug-likeness (QED) is 0.763. The number of carbonyl (C=O) groups excluding carboxylic acids is 1. The van der Waals surface area contributed by atoms with Gasteiger partial charge in [0.05, 0.1) is 6.54 Å². The number of ether oxygens (including phenoxy) is 2. The van der Waals surface area contributed by atoms with E-state index in [1.807, 2.05) is 38.2 Å². The average Bonchev–Trinajstić information content (AvgIpc) is 2.92. The predicted molar refractivity (Wildman–Crippen MR) is 77.7 cm³/mol. The van der Waals surface area contributed by atoms with Gasteiger partial charge in [0, 0.05) is 35.9 Å². The van der Waals surface area contributed by atoms with Crippen LogP contribution in [0.15, 0.2) is 30.5 Å². The number of hydrogen-bond donors (Lipinski definition) is 2. The molecule has 1 heterocycles. The second kappa shape index (κ2) is 7.07. The van der Waals surface area contributed by atoms with Crippen LogP contribution in [-0.4, -0.2) is 36.9 Å². The summed E-state index contributed by atoms with van der Waals surface area (Å²) in [5, 5.41) is 3.84. The molecule has 2 aromatic rings. The fourth-order valence-electron chi connectivity index (χ4n) is 2.01. The predicted octanol–water partition coefficient (Wildman–Crippen LogP) is 2.30. The van der Waals surface area contributed by atoms with Crippen LogP contribution < -0.4 is 5.32 Å². The molecule has 5 heteroatoms. The van der Waals surface area contributed by atoms with Gasteiger partial charge in [-0.25, -0.2) is 0 Å². The van der Waals surface area contributed by atoms with Gasteiger partial charge >= 0.3 is 0 Å². The topological polar surface area (TPSA) is 63.3 Å². The van der Waals surface area contributed by atoms with Gasteiger partial charge in [0.25, 0.3) is 5.91 Å². The normalized spacial score (nSPS) is 11.2. The minimum Gasteiger partial charge on any atom is -0.361 e. The van der Waals surface area contributed by atoms with Gasteiger partial charge in [-0.2, -0.15) is 0 Å². The lowest BCUT2D eigenvalue weighted by Crippen LogP contribution is -2.35. The highest BCUT2D eigenvalue weighted by Crippen LogP contribution is 2.14. The summed E-state index contributed by atoms with van der Waals surface area (Å²) in [6.45, 7) is 5.23. The molecule has 0 saturated heterocycles. The number of aromatic nitrogens is 1. The molecule has 0 saturated carbocycles. The smallest absolute Gasteiger partial charge is 0.251 e. The maximum Gasteiger partial charge on any atom is 0.251 e. The zero-order valence-corrected chi connectivity index (χ0v) is 11.8. The zero-order valence-electron chi connectivity index (χ0n) is 11.8. The van der Waals surface area contributed by atoms with Crippen molar-refractivity contribution in [3.05, 3.63) is 36.0 Å². The Balaban J connectivity index is 1.96. The highest BCUT2D eigenvalue weighted by Gasteiger charge is 2.11. The van der Waals surface area contributed by atoms with Crippen molar-refractivity contribution < 1.29 is 14.3 Å². The third kappa shape index (κ3) is 3.59. The van der Waals surface area contributed by atoms with Gasteiger partial charge in [-0.15, -0.1) is 0 Å². The lowest BCUT2D eigenvalue weighted by Gasteiger charge is -2.17. The molecule has 1 aromatic carbocycles. The van der Waals surface area contributed by atoms with Crippen LogP contribution in [0.1, 0.15) is 24.2 Å². The summed E-state index contributed by atoms with van der Waals surface area (Å²) in [6.07, 6.45) is 1.46. The fourth-order valence-corrected chi connectivity index (χ4v) is 2.01. The highest BCUT2D eigenvalue weighted by molar-refractivity contribution is 5.98. The van der Waals surface area contributed by atoms with E-state index in [4.69, 9.17) is 9.47 Å². The Hall–Kier alpha value is -1.85. The molecule has 2 rings (SSSR count). The van der Waals surface area contributed by atoms with E-state index in [0.717, 1.165) is 10.9 Å². The monoisotopic (exact) mass is 276 g/mol. The van der Waals surface area contributed by atoms with E-state index in [9.17, 15) is 4.79 Å². The molecule has 0 atom stereocenters. The number of H-pyrrole nitrogens is 1. The fraction of sp³-hybridized carbons (Fsp3) is 0.400. The average molecular weight is 276 g/mol. The lowest BCUT2D eigenvalue weighted by molar-refractivity contribution is -0.131. The highest BCUT2D eigenvalue weighted by atomic mass is 16.7. The van der Waals surface area contributed by atoms with E-state index in [2.05, 4.69) is 10.3 Å². The molecule has 0 unspecified atom stereocenters. The number of nitrogens with one attached hydrogen (secondary N) is 2. The van der Waals surface area contributed by atoms with E-state index in [1.54, 1.807) is 6.07 Å². The van der Waals surface area contributed by atoms with Crippen LogP contribution in [0, 0.1) is 0 Å². The molecule has 0 fully saturated rings. The molecule has 0 bridgehead atoms. The van der Waals surface area contributed by atoms with Crippen LogP contribution in [0.4, 0.5) is 0 Å². The second-order valence-corrected chi connectivity index (χ2v) is 4.33. The minimum atomic E-state index is -0.398. The zero-order chi connectivity index (χ0) is 14.4. The summed E-state index contributed by atoms with van der Waals surface area (Å²) in [7, 11) is 0. The third-order valence-corrected chi connectivity index (χ3v) is 2.95.